The van der Waals surface area contributed by atoms with Crippen molar-refractivity contribution in [3.05, 3.63) is 65.6 Å². The predicted molar refractivity (Wildman–Crippen MR) is 77.3 cm³/mol. The number of nitrogens with two attached hydrogens (primary N) is 1. The summed E-state index contributed by atoms with van der Waals surface area (Å²) < 4.78 is 5.51. The summed E-state index contributed by atoms with van der Waals surface area (Å²) in [4.78, 5) is 11.9. The van der Waals surface area contributed by atoms with E-state index >= 15 is 0 Å². The first-order chi connectivity index (χ1) is 9.69. The highest BCUT2D eigenvalue weighted by Gasteiger charge is 2.06. The van der Waals surface area contributed by atoms with Gasteiger partial charge in [0.15, 0.2) is 5.78 Å². The summed E-state index contributed by atoms with van der Waals surface area (Å²) in [5.74, 6) is 1.21. The lowest BCUT2D eigenvalue weighted by molar-refractivity contribution is 0.104. The molecule has 4 heteroatoms. The van der Waals surface area contributed by atoms with Crippen LogP contribution in [0, 0.1) is 0 Å². The van der Waals surface area contributed by atoms with Gasteiger partial charge in [0.05, 0.1) is 6.61 Å². The number of carbonyl (C=O) groups is 1. The van der Waals surface area contributed by atoms with E-state index in [1.807, 2.05) is 18.2 Å². The van der Waals surface area contributed by atoms with E-state index in [1.165, 1.54) is 6.08 Å². The monoisotopic (exact) mass is 271 g/mol. The normalized spacial score (nSPS) is 12.7. The molecule has 20 heavy (non-hydrogen) atoms. The lowest BCUT2D eigenvalue weighted by atomic mass is 10.1. The fourth-order valence-corrected chi connectivity index (χ4v) is 1.77. The number of hydrogen-bond donors (Lipinski definition) is 2. The number of aliphatic hydroxyl groups is 1. The molecule has 1 heterocycles. The average molecular weight is 271 g/mol. The highest BCUT2D eigenvalue weighted by atomic mass is 16.3. The van der Waals surface area contributed by atoms with Crippen molar-refractivity contribution in [2.45, 2.75) is 12.5 Å². The van der Waals surface area contributed by atoms with Crippen molar-refractivity contribution in [3.8, 4) is 0 Å². The lowest BCUT2D eigenvalue weighted by Gasteiger charge is -2.03. The molecule has 1 aromatic carbocycles. The van der Waals surface area contributed by atoms with Crippen LogP contribution in [0.3, 0.4) is 0 Å². The zero-order valence-electron chi connectivity index (χ0n) is 11.0. The van der Waals surface area contributed by atoms with Crippen LogP contribution in [0.2, 0.25) is 0 Å². The Morgan fingerprint density at radius 1 is 1.25 bits per heavy atom. The predicted octanol–water partition coefficient (Wildman–Crippen LogP) is 2.04. The molecular weight excluding hydrogens is 254 g/mol. The summed E-state index contributed by atoms with van der Waals surface area (Å²) in [6.45, 7) is -0.0850. The van der Waals surface area contributed by atoms with Gasteiger partial charge in [-0.2, -0.15) is 0 Å². The number of aliphatic hydroxyl groups excluding tert-OH is 1. The van der Waals surface area contributed by atoms with Crippen molar-refractivity contribution in [2.75, 3.05) is 6.61 Å². The molecule has 0 bridgehead atoms. The number of ketones is 1. The first-order valence-electron chi connectivity index (χ1n) is 6.41. The summed E-state index contributed by atoms with van der Waals surface area (Å²) in [6.07, 6.45) is 3.57. The molecule has 104 valence electrons. The molecule has 0 radical (unpaired) electrons. The maximum absolute atomic E-state index is 11.9. The minimum absolute atomic E-state index is 0.0735. The van der Waals surface area contributed by atoms with Crippen LogP contribution < -0.4 is 5.73 Å². The second-order valence-corrected chi connectivity index (χ2v) is 4.51. The summed E-state index contributed by atoms with van der Waals surface area (Å²) >= 11 is 0. The Morgan fingerprint density at radius 2 is 2.00 bits per heavy atom. The lowest BCUT2D eigenvalue weighted by Crippen LogP contribution is -2.26. The average Bonchev–Trinajstić information content (AvgIpc) is 2.93. The molecule has 1 unspecified atom stereocenters. The third-order valence-corrected chi connectivity index (χ3v) is 2.84. The summed E-state index contributed by atoms with van der Waals surface area (Å²) in [5, 5.41) is 8.88. The van der Waals surface area contributed by atoms with Crippen LogP contribution in [0.1, 0.15) is 21.9 Å². The minimum atomic E-state index is -0.330. The maximum atomic E-state index is 11.9. The SMILES string of the molecule is NC(CO)Cc1ccc(/C=C/C(=O)c2ccccc2)o1. The molecule has 0 saturated heterocycles. The maximum Gasteiger partial charge on any atom is 0.185 e. The van der Waals surface area contributed by atoms with Crippen LogP contribution in [0.5, 0.6) is 0 Å². The number of allylic oxidation sites excluding steroid dienone is 1. The van der Waals surface area contributed by atoms with Crippen molar-refractivity contribution < 1.29 is 14.3 Å². The molecule has 1 atom stereocenters. The van der Waals surface area contributed by atoms with Gasteiger partial charge in [-0.3, -0.25) is 4.79 Å². The van der Waals surface area contributed by atoms with E-state index in [4.69, 9.17) is 15.3 Å². The van der Waals surface area contributed by atoms with Crippen LogP contribution in [-0.4, -0.2) is 23.5 Å². The van der Waals surface area contributed by atoms with E-state index < -0.39 is 0 Å². The van der Waals surface area contributed by atoms with Crippen molar-refractivity contribution in [2.24, 2.45) is 5.73 Å². The fourth-order valence-electron chi connectivity index (χ4n) is 1.77. The van der Waals surface area contributed by atoms with Crippen LogP contribution >= 0.6 is 0 Å². The van der Waals surface area contributed by atoms with Crippen molar-refractivity contribution in [1.29, 1.82) is 0 Å². The molecule has 0 spiro atoms. The van der Waals surface area contributed by atoms with Gasteiger partial charge < -0.3 is 15.3 Å². The molecule has 0 amide bonds. The Balaban J connectivity index is 2.00. The van der Waals surface area contributed by atoms with Crippen molar-refractivity contribution in [3.63, 3.8) is 0 Å². The van der Waals surface area contributed by atoms with Gasteiger partial charge in [-0.15, -0.1) is 0 Å². The molecule has 0 aliphatic heterocycles. The smallest absolute Gasteiger partial charge is 0.185 e. The highest BCUT2D eigenvalue weighted by Crippen LogP contribution is 2.12. The Labute approximate surface area is 117 Å². The summed E-state index contributed by atoms with van der Waals surface area (Å²) in [5.41, 5.74) is 6.27. The van der Waals surface area contributed by atoms with E-state index in [0.29, 0.717) is 23.5 Å². The van der Waals surface area contributed by atoms with E-state index in [0.717, 1.165) is 0 Å². The quantitative estimate of drug-likeness (QED) is 0.622. The van der Waals surface area contributed by atoms with Crippen molar-refractivity contribution >= 4 is 11.9 Å². The highest BCUT2D eigenvalue weighted by molar-refractivity contribution is 6.06. The number of hydrogen-bond acceptors (Lipinski definition) is 4. The zero-order valence-corrected chi connectivity index (χ0v) is 11.0. The van der Waals surface area contributed by atoms with Gasteiger partial charge >= 0.3 is 0 Å². The van der Waals surface area contributed by atoms with Gasteiger partial charge in [0, 0.05) is 18.0 Å². The van der Waals surface area contributed by atoms with E-state index in [9.17, 15) is 4.79 Å². The second-order valence-electron chi connectivity index (χ2n) is 4.51. The molecule has 3 N–H and O–H groups in total. The zero-order chi connectivity index (χ0) is 14.4. The molecule has 0 aliphatic rings. The third-order valence-electron chi connectivity index (χ3n) is 2.84. The number of benzene rings is 1. The molecule has 2 aromatic rings. The Morgan fingerprint density at radius 3 is 2.70 bits per heavy atom. The molecule has 2 rings (SSSR count). The molecule has 0 saturated carbocycles. The first-order valence-corrected chi connectivity index (χ1v) is 6.41. The number of carbonyl (C=O) groups excluding carboxylic acids is 1. The Hall–Kier alpha value is -2.17. The van der Waals surface area contributed by atoms with E-state index in [2.05, 4.69) is 0 Å². The topological polar surface area (TPSA) is 76.5 Å². The first kappa shape index (κ1) is 14.2. The molecule has 4 nitrogen and oxygen atoms in total. The minimum Gasteiger partial charge on any atom is -0.462 e. The second kappa shape index (κ2) is 6.84. The summed E-state index contributed by atoms with van der Waals surface area (Å²) in [6, 6.07) is 12.3. The van der Waals surface area contributed by atoms with E-state index in [-0.39, 0.29) is 18.4 Å². The van der Waals surface area contributed by atoms with Crippen LogP contribution in [-0.2, 0) is 6.42 Å². The van der Waals surface area contributed by atoms with Crippen LogP contribution in [0.25, 0.3) is 6.08 Å². The molecule has 0 fully saturated rings. The molecule has 1 aromatic heterocycles. The fraction of sp³-hybridized carbons (Fsp3) is 0.188. The van der Waals surface area contributed by atoms with Crippen LogP contribution in [0.4, 0.5) is 0 Å². The van der Waals surface area contributed by atoms with Gasteiger partial charge in [0.1, 0.15) is 11.5 Å². The van der Waals surface area contributed by atoms with Gasteiger partial charge in [-0.1, -0.05) is 30.3 Å². The largest absolute Gasteiger partial charge is 0.462 e. The Bertz CT molecular complexity index is 587. The van der Waals surface area contributed by atoms with Gasteiger partial charge in [-0.25, -0.2) is 0 Å². The van der Waals surface area contributed by atoms with Crippen molar-refractivity contribution in [1.82, 2.24) is 0 Å². The third kappa shape index (κ3) is 3.91. The van der Waals surface area contributed by atoms with Gasteiger partial charge in [-0.05, 0) is 24.3 Å². The standard InChI is InChI=1S/C16H17NO3/c17-13(11-18)10-15-7-6-14(20-15)8-9-16(19)12-4-2-1-3-5-12/h1-9,13,18H,10-11,17H2/b9-8+. The number of furan rings is 1. The van der Waals surface area contributed by atoms with E-state index in [1.54, 1.807) is 30.3 Å². The van der Waals surface area contributed by atoms with Gasteiger partial charge in [0.25, 0.3) is 0 Å². The Kier molecular flexibility index (Phi) is 4.87. The number of rotatable bonds is 6. The summed E-state index contributed by atoms with van der Waals surface area (Å²) in [7, 11) is 0. The van der Waals surface area contributed by atoms with Crippen LogP contribution in [0.15, 0.2) is 53.0 Å². The molecular formula is C16H17NO3. The molecule has 0 aliphatic carbocycles. The van der Waals surface area contributed by atoms with Gasteiger partial charge in [0.2, 0.25) is 0 Å².